The molecule has 1 N–H and O–H groups in total. The lowest BCUT2D eigenvalue weighted by molar-refractivity contribution is -0.113. The highest BCUT2D eigenvalue weighted by Gasteiger charge is 2.20. The van der Waals surface area contributed by atoms with Gasteiger partial charge < -0.3 is 24.4 Å². The largest absolute Gasteiger partial charge is 0.495 e. The van der Waals surface area contributed by atoms with Gasteiger partial charge in [0.2, 0.25) is 5.91 Å². The number of carbonyl (C=O) groups excluding carboxylic acids is 2. The van der Waals surface area contributed by atoms with E-state index in [0.29, 0.717) is 29.5 Å². The molecule has 1 aliphatic rings. The fourth-order valence-electron chi connectivity index (χ4n) is 3.90. The van der Waals surface area contributed by atoms with Gasteiger partial charge >= 0.3 is 5.97 Å². The highest BCUT2D eigenvalue weighted by Crippen LogP contribution is 2.33. The maximum Gasteiger partial charge on any atom is 0.337 e. The van der Waals surface area contributed by atoms with Crippen LogP contribution < -0.4 is 19.7 Å². The summed E-state index contributed by atoms with van der Waals surface area (Å²) < 4.78 is 16.0. The van der Waals surface area contributed by atoms with Crippen LogP contribution in [0, 0.1) is 0 Å². The lowest BCUT2D eigenvalue weighted by Crippen LogP contribution is -2.22. The van der Waals surface area contributed by atoms with Gasteiger partial charge in [0, 0.05) is 12.2 Å². The zero-order valence-electron chi connectivity index (χ0n) is 19.8. The van der Waals surface area contributed by atoms with E-state index in [9.17, 15) is 9.59 Å². The van der Waals surface area contributed by atoms with Crippen molar-refractivity contribution in [3.8, 4) is 11.5 Å². The third-order valence-electron chi connectivity index (χ3n) is 5.67. The number of thioether (sulfide) groups is 1. The maximum absolute atomic E-state index is 12.5. The van der Waals surface area contributed by atoms with Crippen LogP contribution >= 0.6 is 11.8 Å². The Labute approximate surface area is 209 Å². The van der Waals surface area contributed by atoms with Gasteiger partial charge in [-0.2, -0.15) is 0 Å². The minimum absolute atomic E-state index is 0.167. The standard InChI is InChI=1S/C27H28N2O5S/c1-32-25-11-8-21(27(31)33-2)15-23(25)28-26(30)17-35-18-29-13-12-20-14-22(9-10-24(20)29)34-16-19-6-4-3-5-7-19/h3-11,14-15H,12-13,16-18H2,1-2H3,(H,28,30). The van der Waals surface area contributed by atoms with E-state index in [4.69, 9.17) is 14.2 Å². The molecule has 0 radical (unpaired) electrons. The number of amides is 1. The summed E-state index contributed by atoms with van der Waals surface area (Å²) in [6, 6.07) is 21.1. The molecule has 1 amide bonds. The number of benzene rings is 3. The molecule has 0 atom stereocenters. The zero-order valence-corrected chi connectivity index (χ0v) is 20.6. The number of ether oxygens (including phenoxy) is 3. The van der Waals surface area contributed by atoms with E-state index < -0.39 is 5.97 Å². The second kappa shape index (κ2) is 11.7. The van der Waals surface area contributed by atoms with Crippen LogP contribution in [0.15, 0.2) is 66.7 Å². The van der Waals surface area contributed by atoms with Crippen molar-refractivity contribution in [3.05, 3.63) is 83.4 Å². The fourth-order valence-corrected chi connectivity index (χ4v) is 4.73. The summed E-state index contributed by atoms with van der Waals surface area (Å²) in [5, 5.41) is 2.83. The highest BCUT2D eigenvalue weighted by molar-refractivity contribution is 8.00. The van der Waals surface area contributed by atoms with Gasteiger partial charge in [0.25, 0.3) is 0 Å². The van der Waals surface area contributed by atoms with Crippen LogP contribution in [0.3, 0.4) is 0 Å². The van der Waals surface area contributed by atoms with Crippen molar-refractivity contribution in [1.29, 1.82) is 0 Å². The number of carbonyl (C=O) groups is 2. The van der Waals surface area contributed by atoms with Gasteiger partial charge in [-0.1, -0.05) is 30.3 Å². The topological polar surface area (TPSA) is 77.1 Å². The summed E-state index contributed by atoms with van der Waals surface area (Å²) in [5.41, 5.74) is 4.36. The summed E-state index contributed by atoms with van der Waals surface area (Å²) in [4.78, 5) is 26.6. The number of esters is 1. The van der Waals surface area contributed by atoms with E-state index >= 15 is 0 Å². The SMILES string of the molecule is COC(=O)c1ccc(OC)c(NC(=O)CSCN2CCc3cc(OCc4ccccc4)ccc32)c1. The first kappa shape index (κ1) is 24.5. The van der Waals surface area contributed by atoms with E-state index in [2.05, 4.69) is 22.3 Å². The molecular weight excluding hydrogens is 464 g/mol. The van der Waals surface area contributed by atoms with Crippen LogP contribution in [0.25, 0.3) is 0 Å². The van der Waals surface area contributed by atoms with Gasteiger partial charge in [-0.05, 0) is 53.9 Å². The molecule has 1 aliphatic heterocycles. The van der Waals surface area contributed by atoms with E-state index in [-0.39, 0.29) is 11.7 Å². The van der Waals surface area contributed by atoms with Crippen LogP contribution in [0.5, 0.6) is 11.5 Å². The maximum atomic E-state index is 12.5. The van der Waals surface area contributed by atoms with E-state index in [0.717, 1.165) is 24.3 Å². The first-order valence-electron chi connectivity index (χ1n) is 11.3. The molecule has 0 aliphatic carbocycles. The quantitative estimate of drug-likeness (QED) is 0.409. The molecule has 0 fully saturated rings. The Kier molecular flexibility index (Phi) is 8.15. The lowest BCUT2D eigenvalue weighted by Gasteiger charge is -2.19. The molecule has 8 heteroatoms. The van der Waals surface area contributed by atoms with Crippen molar-refractivity contribution < 1.29 is 23.8 Å². The van der Waals surface area contributed by atoms with Crippen LogP contribution in [0.1, 0.15) is 21.5 Å². The minimum atomic E-state index is -0.473. The summed E-state index contributed by atoms with van der Waals surface area (Å²) >= 11 is 1.53. The molecule has 7 nitrogen and oxygen atoms in total. The van der Waals surface area contributed by atoms with Gasteiger partial charge in [-0.3, -0.25) is 4.79 Å². The van der Waals surface area contributed by atoms with Crippen LogP contribution in [0.2, 0.25) is 0 Å². The fraction of sp³-hybridized carbons (Fsp3) is 0.259. The Morgan fingerprint density at radius 1 is 1.03 bits per heavy atom. The highest BCUT2D eigenvalue weighted by atomic mass is 32.2. The van der Waals surface area contributed by atoms with Gasteiger partial charge in [0.1, 0.15) is 18.1 Å². The molecule has 3 aromatic carbocycles. The second-order valence-electron chi connectivity index (χ2n) is 8.01. The number of nitrogens with zero attached hydrogens (tertiary/aromatic N) is 1. The van der Waals surface area contributed by atoms with Crippen molar-refractivity contribution in [1.82, 2.24) is 0 Å². The summed E-state index contributed by atoms with van der Waals surface area (Å²) in [6.45, 7) is 1.45. The number of nitrogens with one attached hydrogen (secondary N) is 1. The minimum Gasteiger partial charge on any atom is -0.495 e. The average Bonchev–Trinajstić information content (AvgIpc) is 3.29. The van der Waals surface area contributed by atoms with Crippen molar-refractivity contribution in [3.63, 3.8) is 0 Å². The molecule has 1 heterocycles. The Balaban J connectivity index is 1.28. The first-order valence-corrected chi connectivity index (χ1v) is 12.4. The molecule has 182 valence electrons. The van der Waals surface area contributed by atoms with Gasteiger partial charge in [-0.25, -0.2) is 4.79 Å². The van der Waals surface area contributed by atoms with Gasteiger partial charge in [-0.15, -0.1) is 11.8 Å². The third-order valence-corrected chi connectivity index (χ3v) is 6.63. The normalized spacial score (nSPS) is 12.1. The van der Waals surface area contributed by atoms with Crippen LogP contribution in [-0.4, -0.2) is 44.3 Å². The van der Waals surface area contributed by atoms with Gasteiger partial charge in [0.15, 0.2) is 0 Å². The third kappa shape index (κ3) is 6.27. The summed E-state index contributed by atoms with van der Waals surface area (Å²) in [6.07, 6.45) is 0.947. The number of rotatable bonds is 10. The van der Waals surface area contributed by atoms with E-state index in [1.54, 1.807) is 18.2 Å². The monoisotopic (exact) mass is 492 g/mol. The Bertz CT molecular complexity index is 1190. The molecule has 3 aromatic rings. The number of methoxy groups -OCH3 is 2. The molecule has 35 heavy (non-hydrogen) atoms. The molecule has 0 saturated heterocycles. The Morgan fingerprint density at radius 3 is 2.63 bits per heavy atom. The van der Waals surface area contributed by atoms with Crippen molar-refractivity contribution in [2.75, 3.05) is 42.6 Å². The van der Waals surface area contributed by atoms with Crippen molar-refractivity contribution in [2.45, 2.75) is 13.0 Å². The Morgan fingerprint density at radius 2 is 1.86 bits per heavy atom. The predicted octanol–water partition coefficient (Wildman–Crippen LogP) is 4.75. The van der Waals surface area contributed by atoms with Crippen LogP contribution in [-0.2, 0) is 22.6 Å². The Hall–Kier alpha value is -3.65. The number of anilines is 2. The number of fused-ring (bicyclic) bond motifs is 1. The summed E-state index contributed by atoms with van der Waals surface area (Å²) in [5.74, 6) is 1.68. The molecule has 0 spiro atoms. The predicted molar refractivity (Wildman–Crippen MR) is 139 cm³/mol. The van der Waals surface area contributed by atoms with Crippen molar-refractivity contribution >= 4 is 35.0 Å². The zero-order chi connectivity index (χ0) is 24.6. The molecule has 0 saturated carbocycles. The van der Waals surface area contributed by atoms with Crippen LogP contribution in [0.4, 0.5) is 11.4 Å². The molecule has 0 unspecified atom stereocenters. The number of hydrogen-bond donors (Lipinski definition) is 1. The van der Waals surface area contributed by atoms with Gasteiger partial charge in [0.05, 0.1) is 37.1 Å². The first-order chi connectivity index (χ1) is 17.1. The molecule has 0 aromatic heterocycles. The lowest BCUT2D eigenvalue weighted by atomic mass is 10.1. The molecule has 0 bridgehead atoms. The smallest absolute Gasteiger partial charge is 0.337 e. The van der Waals surface area contributed by atoms with E-state index in [1.165, 1.54) is 37.2 Å². The summed E-state index contributed by atoms with van der Waals surface area (Å²) in [7, 11) is 2.83. The van der Waals surface area contributed by atoms with E-state index in [1.807, 2.05) is 36.4 Å². The number of hydrogen-bond acceptors (Lipinski definition) is 7. The van der Waals surface area contributed by atoms with Crippen molar-refractivity contribution in [2.24, 2.45) is 0 Å². The second-order valence-corrected chi connectivity index (χ2v) is 8.97. The molecule has 4 rings (SSSR count). The molecular formula is C27H28N2O5S. The average molecular weight is 493 g/mol.